The van der Waals surface area contributed by atoms with Crippen molar-refractivity contribution in [2.24, 2.45) is 0 Å². The van der Waals surface area contributed by atoms with E-state index in [4.69, 9.17) is 15.0 Å². The van der Waals surface area contributed by atoms with Gasteiger partial charge in [-0.25, -0.2) is 15.0 Å². The molecule has 0 saturated carbocycles. The fourth-order valence-electron chi connectivity index (χ4n) is 15.8. The lowest BCUT2D eigenvalue weighted by Crippen LogP contribution is -2.04. The summed E-state index contributed by atoms with van der Waals surface area (Å²) in [7, 11) is 0. The molecular weight excluding hydrogens is 1220 g/mol. The lowest BCUT2D eigenvalue weighted by Gasteiger charge is -2.21. The Kier molecular flexibility index (Phi) is 13.1. The van der Waals surface area contributed by atoms with Crippen LogP contribution in [0.5, 0.6) is 0 Å². The Hall–Kier alpha value is -13.5. The molecule has 20 aromatic rings. The van der Waals surface area contributed by atoms with Crippen molar-refractivity contribution in [3.05, 3.63) is 358 Å². The number of fused-ring (bicyclic) bond motifs is 12. The highest BCUT2D eigenvalue weighted by Gasteiger charge is 2.28. The van der Waals surface area contributed by atoms with Crippen LogP contribution in [0.2, 0.25) is 0 Å². The SMILES string of the molecule is c1ccc(-c2ccc(-c3cc(-c4nc(-c5ccccc5)nc(-c5ccccc5)n4)cc(-c4ccc(-c5ccccc5)cc4)c3-n3c4ccccc4c4c(-n5c6cc(-n7c8ccccc8c8ccccc87)ccc6c6c(-n7c8ccccc8c8ccccc87)cccc65)cccc43)cc2)cc1. The maximum absolute atomic E-state index is 5.43. The van der Waals surface area contributed by atoms with Gasteiger partial charge in [-0.1, -0.05) is 279 Å². The normalized spacial score (nSPS) is 11.8. The van der Waals surface area contributed by atoms with E-state index in [1.54, 1.807) is 0 Å². The Labute approximate surface area is 576 Å². The van der Waals surface area contributed by atoms with Crippen molar-refractivity contribution in [1.82, 2.24) is 33.2 Å². The summed E-state index contributed by atoms with van der Waals surface area (Å²) in [6.45, 7) is 0. The number of aromatic nitrogens is 7. The van der Waals surface area contributed by atoms with Crippen molar-refractivity contribution in [2.75, 3.05) is 0 Å². The third-order valence-electron chi connectivity index (χ3n) is 20.2. The molecule has 0 amide bonds. The predicted octanol–water partition coefficient (Wildman–Crippen LogP) is 23.9. The van der Waals surface area contributed by atoms with Crippen LogP contribution in [0.3, 0.4) is 0 Å². The number of hydrogen-bond acceptors (Lipinski definition) is 3. The summed E-state index contributed by atoms with van der Waals surface area (Å²) in [6, 6.07) is 130. The zero-order valence-electron chi connectivity index (χ0n) is 54.2. The highest BCUT2D eigenvalue weighted by molar-refractivity contribution is 6.20. The molecule has 100 heavy (non-hydrogen) atoms. The molecule has 7 heteroatoms. The van der Waals surface area contributed by atoms with Gasteiger partial charge in [0, 0.05) is 76.6 Å². The van der Waals surface area contributed by atoms with Crippen LogP contribution in [0, 0.1) is 0 Å². The van der Waals surface area contributed by atoms with E-state index in [1.165, 1.54) is 26.9 Å². The smallest absolute Gasteiger partial charge is 0.164 e. The fraction of sp³-hybridized carbons (Fsp3) is 0. The Balaban J connectivity index is 0.899. The molecule has 466 valence electrons. The molecule has 0 fully saturated rings. The zero-order valence-corrected chi connectivity index (χ0v) is 54.2. The molecule has 0 aliphatic carbocycles. The quantitative estimate of drug-likeness (QED) is 0.130. The van der Waals surface area contributed by atoms with E-state index in [9.17, 15) is 0 Å². The van der Waals surface area contributed by atoms with E-state index in [-0.39, 0.29) is 0 Å². The van der Waals surface area contributed by atoms with Gasteiger partial charge < -0.3 is 18.3 Å². The second-order valence-electron chi connectivity index (χ2n) is 25.8. The lowest BCUT2D eigenvalue weighted by molar-refractivity contribution is 1.07. The van der Waals surface area contributed by atoms with Gasteiger partial charge in [0.15, 0.2) is 17.5 Å². The molecule has 0 aliphatic rings. The largest absolute Gasteiger partial charge is 0.309 e. The topological polar surface area (TPSA) is 58.4 Å². The summed E-state index contributed by atoms with van der Waals surface area (Å²) in [5.74, 6) is 1.76. The summed E-state index contributed by atoms with van der Waals surface area (Å²) in [4.78, 5) is 16.0. The van der Waals surface area contributed by atoms with Crippen molar-refractivity contribution in [3.63, 3.8) is 0 Å². The van der Waals surface area contributed by atoms with E-state index >= 15 is 0 Å². The minimum absolute atomic E-state index is 0.569. The predicted molar refractivity (Wildman–Crippen MR) is 415 cm³/mol. The first-order valence-corrected chi connectivity index (χ1v) is 34.1. The highest BCUT2D eigenvalue weighted by atomic mass is 15.1. The average Bonchev–Trinajstić information content (AvgIpc) is 1.46. The van der Waals surface area contributed by atoms with Crippen molar-refractivity contribution < 1.29 is 0 Å². The second-order valence-corrected chi connectivity index (χ2v) is 25.8. The van der Waals surface area contributed by atoms with Crippen LogP contribution < -0.4 is 0 Å². The molecule has 0 aliphatic heterocycles. The molecule has 15 aromatic carbocycles. The number of para-hydroxylation sites is 5. The number of nitrogens with zero attached hydrogens (tertiary/aromatic N) is 7. The van der Waals surface area contributed by atoms with Crippen LogP contribution in [0.1, 0.15) is 0 Å². The second kappa shape index (κ2) is 23.1. The van der Waals surface area contributed by atoms with E-state index in [2.05, 4.69) is 340 Å². The maximum Gasteiger partial charge on any atom is 0.164 e. The molecule has 5 aromatic heterocycles. The molecule has 0 saturated heterocycles. The maximum atomic E-state index is 5.43. The third-order valence-corrected chi connectivity index (χ3v) is 20.2. The van der Waals surface area contributed by atoms with Crippen LogP contribution in [0.4, 0.5) is 0 Å². The molecule has 0 bridgehead atoms. The zero-order chi connectivity index (χ0) is 65.8. The van der Waals surface area contributed by atoms with Crippen molar-refractivity contribution >= 4 is 87.2 Å². The van der Waals surface area contributed by atoms with Crippen LogP contribution in [-0.4, -0.2) is 33.2 Å². The molecule has 20 rings (SSSR count). The lowest BCUT2D eigenvalue weighted by atomic mass is 9.91. The molecule has 0 N–H and O–H groups in total. The minimum Gasteiger partial charge on any atom is -0.309 e. The molecule has 7 nitrogen and oxygen atoms in total. The molecule has 0 radical (unpaired) electrons. The summed E-state index contributed by atoms with van der Waals surface area (Å²) < 4.78 is 10.0. The molecule has 5 heterocycles. The molecule has 0 atom stereocenters. The van der Waals surface area contributed by atoms with Crippen LogP contribution in [0.25, 0.3) is 189 Å². The van der Waals surface area contributed by atoms with Crippen molar-refractivity contribution in [1.29, 1.82) is 0 Å². The number of benzene rings is 15. The van der Waals surface area contributed by atoms with Gasteiger partial charge in [-0.3, -0.25) is 0 Å². The summed E-state index contributed by atoms with van der Waals surface area (Å²) >= 11 is 0. The summed E-state index contributed by atoms with van der Waals surface area (Å²) in [5.41, 5.74) is 24.6. The van der Waals surface area contributed by atoms with Crippen molar-refractivity contribution in [3.8, 4) is 101 Å². The van der Waals surface area contributed by atoms with E-state index in [0.717, 1.165) is 144 Å². The first kappa shape index (κ1) is 56.8. The Morgan fingerprint density at radius 2 is 0.490 bits per heavy atom. The van der Waals surface area contributed by atoms with Gasteiger partial charge in [0.25, 0.3) is 0 Å². The molecular formula is C93H59N7. The summed E-state index contributed by atoms with van der Waals surface area (Å²) in [5, 5.41) is 9.45. The first-order valence-electron chi connectivity index (χ1n) is 34.1. The average molecular weight is 1270 g/mol. The van der Waals surface area contributed by atoms with Gasteiger partial charge in [-0.15, -0.1) is 0 Å². The highest BCUT2D eigenvalue weighted by Crippen LogP contribution is 2.48. The fourth-order valence-corrected chi connectivity index (χ4v) is 15.8. The first-order chi connectivity index (χ1) is 49.6. The van der Waals surface area contributed by atoms with Crippen LogP contribution >= 0.6 is 0 Å². The monoisotopic (exact) mass is 1270 g/mol. The summed E-state index contributed by atoms with van der Waals surface area (Å²) in [6.07, 6.45) is 0. The van der Waals surface area contributed by atoms with E-state index in [1.807, 2.05) is 36.4 Å². The van der Waals surface area contributed by atoms with Crippen LogP contribution in [-0.2, 0) is 0 Å². The van der Waals surface area contributed by atoms with Gasteiger partial charge in [0.1, 0.15) is 0 Å². The number of rotatable bonds is 11. The molecule has 0 spiro atoms. The Bertz CT molecular complexity index is 6330. The third kappa shape index (κ3) is 9.10. The van der Waals surface area contributed by atoms with Gasteiger partial charge >= 0.3 is 0 Å². The minimum atomic E-state index is 0.569. The molecule has 0 unspecified atom stereocenters. The standard InChI is InChI=1S/C93H59N7/c1-5-25-60(26-6-1)62-47-51-64(52-48-62)76-57-68(93-95-91(66-29-9-3-10-30-66)94-92(96-93)67-31-11-4-12-32-67)58-77(65-53-49-63(50-54-65)61-27-7-2-8-28-61)90(76)100-82-42-22-17-37-74(82)88-84(45-24-46-86(88)100)99-85-44-23-43-83(98-80-40-20-15-35-72(80)73-36-16-21-41-81(73)98)89(85)75-56-55-69(59-87(75)99)97-78-38-18-13-33-70(78)71-34-14-19-39-79(71)97/h1-59H. The van der Waals surface area contributed by atoms with Gasteiger partial charge in [0.2, 0.25) is 0 Å². The Morgan fingerprint density at radius 3 is 0.930 bits per heavy atom. The van der Waals surface area contributed by atoms with Gasteiger partial charge in [0.05, 0.1) is 61.2 Å². The van der Waals surface area contributed by atoms with E-state index < -0.39 is 0 Å². The van der Waals surface area contributed by atoms with Gasteiger partial charge in [-0.05, 0) is 112 Å². The van der Waals surface area contributed by atoms with Crippen molar-refractivity contribution in [2.45, 2.75) is 0 Å². The Morgan fingerprint density at radius 1 is 0.180 bits per heavy atom. The number of hydrogen-bond donors (Lipinski definition) is 0. The van der Waals surface area contributed by atoms with Crippen LogP contribution in [0.15, 0.2) is 358 Å². The van der Waals surface area contributed by atoms with E-state index in [0.29, 0.717) is 17.5 Å². The van der Waals surface area contributed by atoms with Gasteiger partial charge in [-0.2, -0.15) is 0 Å².